The first-order chi connectivity index (χ1) is 12.2. The molecule has 25 heavy (non-hydrogen) atoms. The van der Waals surface area contributed by atoms with Crippen LogP contribution in [0.4, 0.5) is 0 Å². The summed E-state index contributed by atoms with van der Waals surface area (Å²) in [5.74, 6) is 0.968. The molecule has 0 bridgehead atoms. The fourth-order valence-electron chi connectivity index (χ4n) is 2.63. The van der Waals surface area contributed by atoms with Gasteiger partial charge in [-0.15, -0.1) is 6.58 Å². The van der Waals surface area contributed by atoms with Gasteiger partial charge in [-0.2, -0.15) is 0 Å². The number of carbonyl (C=O) groups is 1. The minimum Gasteiger partial charge on any atom is -0.459 e. The van der Waals surface area contributed by atoms with Crippen LogP contribution in [0.5, 0.6) is 0 Å². The number of carbonyl (C=O) groups excluding carboxylic acids is 1. The molecule has 0 saturated heterocycles. The van der Waals surface area contributed by atoms with Gasteiger partial charge in [-0.25, -0.2) is 4.98 Å². The van der Waals surface area contributed by atoms with E-state index in [0.29, 0.717) is 25.4 Å². The molecule has 2 aromatic heterocycles. The molecule has 3 aromatic rings. The van der Waals surface area contributed by atoms with Crippen molar-refractivity contribution in [3.05, 3.63) is 90.4 Å². The molecule has 1 aromatic carbocycles. The van der Waals surface area contributed by atoms with E-state index in [1.165, 1.54) is 17.4 Å². The summed E-state index contributed by atoms with van der Waals surface area (Å²) in [6, 6.07) is 11.8. The van der Waals surface area contributed by atoms with E-state index in [4.69, 9.17) is 4.42 Å². The van der Waals surface area contributed by atoms with Crippen LogP contribution >= 0.6 is 0 Å². The molecule has 0 spiro atoms. The highest BCUT2D eigenvalue weighted by Gasteiger charge is 2.19. The molecule has 0 unspecified atom stereocenters. The summed E-state index contributed by atoms with van der Waals surface area (Å²) in [5.41, 5.74) is 2.42. The van der Waals surface area contributed by atoms with Crippen molar-refractivity contribution in [2.75, 3.05) is 6.54 Å². The number of aromatic nitrogens is 2. The summed E-state index contributed by atoms with van der Waals surface area (Å²) in [4.78, 5) is 18.7. The molecule has 0 saturated carbocycles. The van der Waals surface area contributed by atoms with Gasteiger partial charge in [-0.05, 0) is 24.6 Å². The van der Waals surface area contributed by atoms with Crippen molar-refractivity contribution in [2.45, 2.75) is 20.0 Å². The first-order valence-corrected chi connectivity index (χ1v) is 8.16. The second-order valence-electron chi connectivity index (χ2n) is 5.91. The molecule has 3 rings (SSSR count). The van der Waals surface area contributed by atoms with Crippen molar-refractivity contribution in [3.8, 4) is 0 Å². The van der Waals surface area contributed by atoms with Gasteiger partial charge in [-0.1, -0.05) is 35.9 Å². The average Bonchev–Trinajstić information content (AvgIpc) is 3.28. The van der Waals surface area contributed by atoms with Gasteiger partial charge in [0.2, 0.25) is 0 Å². The van der Waals surface area contributed by atoms with Crippen molar-refractivity contribution in [3.63, 3.8) is 0 Å². The van der Waals surface area contributed by atoms with Gasteiger partial charge < -0.3 is 13.9 Å². The molecule has 5 heteroatoms. The van der Waals surface area contributed by atoms with Gasteiger partial charge in [0, 0.05) is 25.5 Å². The summed E-state index contributed by atoms with van der Waals surface area (Å²) in [7, 11) is 0. The number of imidazole rings is 1. The summed E-state index contributed by atoms with van der Waals surface area (Å²) in [5, 5.41) is 0. The molecule has 0 atom stereocenters. The van der Waals surface area contributed by atoms with Crippen LogP contribution in [0, 0.1) is 6.92 Å². The van der Waals surface area contributed by atoms with Crippen LogP contribution in [0.3, 0.4) is 0 Å². The van der Waals surface area contributed by atoms with Crippen LogP contribution in [0.25, 0.3) is 0 Å². The molecule has 0 aliphatic rings. The number of hydrogen-bond acceptors (Lipinski definition) is 3. The second kappa shape index (κ2) is 7.66. The zero-order valence-corrected chi connectivity index (χ0v) is 14.3. The molecule has 0 radical (unpaired) electrons. The van der Waals surface area contributed by atoms with Crippen molar-refractivity contribution in [2.24, 2.45) is 0 Å². The van der Waals surface area contributed by atoms with Crippen molar-refractivity contribution >= 4 is 5.91 Å². The number of amides is 1. The zero-order valence-electron chi connectivity index (χ0n) is 14.3. The summed E-state index contributed by atoms with van der Waals surface area (Å²) >= 11 is 0. The molecule has 0 N–H and O–H groups in total. The molecule has 1 amide bonds. The van der Waals surface area contributed by atoms with Gasteiger partial charge in [0.15, 0.2) is 5.76 Å². The third kappa shape index (κ3) is 4.07. The third-order valence-corrected chi connectivity index (χ3v) is 3.98. The quantitative estimate of drug-likeness (QED) is 0.619. The number of benzene rings is 1. The van der Waals surface area contributed by atoms with E-state index in [1.807, 2.05) is 6.20 Å². The molecule has 128 valence electrons. The monoisotopic (exact) mass is 335 g/mol. The number of rotatable bonds is 7. The zero-order chi connectivity index (χ0) is 17.6. The van der Waals surface area contributed by atoms with Crippen LogP contribution in [0.15, 0.2) is 72.1 Å². The Bertz CT molecular complexity index is 832. The lowest BCUT2D eigenvalue weighted by molar-refractivity contribution is 0.0725. The Morgan fingerprint density at radius 2 is 2.12 bits per heavy atom. The maximum absolute atomic E-state index is 12.6. The Hall–Kier alpha value is -3.08. The van der Waals surface area contributed by atoms with E-state index in [-0.39, 0.29) is 5.91 Å². The lowest BCUT2D eigenvalue weighted by atomic mass is 10.1. The van der Waals surface area contributed by atoms with E-state index in [2.05, 4.69) is 47.3 Å². The van der Waals surface area contributed by atoms with Crippen molar-refractivity contribution in [1.29, 1.82) is 0 Å². The highest BCUT2D eigenvalue weighted by Crippen LogP contribution is 2.12. The van der Waals surface area contributed by atoms with E-state index in [9.17, 15) is 4.79 Å². The number of nitrogens with zero attached hydrogens (tertiary/aromatic N) is 3. The topological polar surface area (TPSA) is 51.3 Å². The first-order valence-electron chi connectivity index (χ1n) is 8.16. The normalized spacial score (nSPS) is 10.6. The lowest BCUT2D eigenvalue weighted by Crippen LogP contribution is -2.31. The van der Waals surface area contributed by atoms with E-state index in [1.54, 1.807) is 29.3 Å². The highest BCUT2D eigenvalue weighted by molar-refractivity contribution is 5.91. The maximum Gasteiger partial charge on any atom is 0.290 e. The molecule has 5 nitrogen and oxygen atoms in total. The van der Waals surface area contributed by atoms with Crippen LogP contribution in [-0.4, -0.2) is 26.9 Å². The summed E-state index contributed by atoms with van der Waals surface area (Å²) in [6.07, 6.45) is 6.89. The average molecular weight is 335 g/mol. The Morgan fingerprint density at radius 1 is 1.32 bits per heavy atom. The Morgan fingerprint density at radius 3 is 2.80 bits per heavy atom. The van der Waals surface area contributed by atoms with Crippen LogP contribution in [0.2, 0.25) is 0 Å². The Labute approximate surface area is 147 Å². The van der Waals surface area contributed by atoms with E-state index < -0.39 is 0 Å². The molecule has 0 aliphatic carbocycles. The summed E-state index contributed by atoms with van der Waals surface area (Å²) in [6.45, 7) is 7.34. The number of furan rings is 1. The standard InChI is InChI=1S/C20H21N3O2/c1-3-11-23(20(24)18-5-4-13-25-18)15-19-21-10-12-22(19)14-17-8-6-16(2)7-9-17/h3-10,12-13H,1,11,14-15H2,2H3. The van der Waals surface area contributed by atoms with Crippen LogP contribution in [0.1, 0.15) is 27.5 Å². The van der Waals surface area contributed by atoms with Gasteiger partial charge >= 0.3 is 0 Å². The maximum atomic E-state index is 12.6. The molecular weight excluding hydrogens is 314 g/mol. The predicted octanol–water partition coefficient (Wildman–Crippen LogP) is 3.66. The van der Waals surface area contributed by atoms with Crippen molar-refractivity contribution in [1.82, 2.24) is 14.5 Å². The number of aryl methyl sites for hydroxylation is 1. The lowest BCUT2D eigenvalue weighted by Gasteiger charge is -2.20. The minimum absolute atomic E-state index is 0.171. The largest absolute Gasteiger partial charge is 0.459 e. The summed E-state index contributed by atoms with van der Waals surface area (Å²) < 4.78 is 7.28. The van der Waals surface area contributed by atoms with Gasteiger partial charge in [0.1, 0.15) is 5.82 Å². The first kappa shape index (κ1) is 16.8. The van der Waals surface area contributed by atoms with Gasteiger partial charge in [-0.3, -0.25) is 4.79 Å². The minimum atomic E-state index is -0.171. The van der Waals surface area contributed by atoms with Crippen molar-refractivity contribution < 1.29 is 9.21 Å². The third-order valence-electron chi connectivity index (χ3n) is 3.98. The van der Waals surface area contributed by atoms with Crippen LogP contribution < -0.4 is 0 Å². The van der Waals surface area contributed by atoms with Gasteiger partial charge in [0.25, 0.3) is 5.91 Å². The Balaban J connectivity index is 1.77. The fraction of sp³-hybridized carbons (Fsp3) is 0.200. The molecule has 0 aliphatic heterocycles. The fourth-order valence-corrected chi connectivity index (χ4v) is 2.63. The predicted molar refractivity (Wildman–Crippen MR) is 96.2 cm³/mol. The smallest absolute Gasteiger partial charge is 0.290 e. The number of hydrogen-bond donors (Lipinski definition) is 0. The van der Waals surface area contributed by atoms with E-state index in [0.717, 1.165) is 5.82 Å². The molecule has 0 fully saturated rings. The molecular formula is C20H21N3O2. The van der Waals surface area contributed by atoms with Gasteiger partial charge in [0.05, 0.1) is 12.8 Å². The second-order valence-corrected chi connectivity index (χ2v) is 5.91. The SMILES string of the molecule is C=CCN(Cc1nccn1Cc1ccc(C)cc1)C(=O)c1ccco1. The van der Waals surface area contributed by atoms with Crippen LogP contribution in [-0.2, 0) is 13.1 Å². The highest BCUT2D eigenvalue weighted by atomic mass is 16.3. The van der Waals surface area contributed by atoms with E-state index >= 15 is 0 Å². The Kier molecular flexibility index (Phi) is 5.14. The molecule has 2 heterocycles.